The number of hydrogen-bond donors (Lipinski definition) is 0. The molecule has 0 radical (unpaired) electrons. The van der Waals surface area contributed by atoms with E-state index < -0.39 is 0 Å². The summed E-state index contributed by atoms with van der Waals surface area (Å²) in [5, 5.41) is 0.789. The van der Waals surface area contributed by atoms with Crippen LogP contribution >= 0.6 is 27.7 Å². The lowest BCUT2D eigenvalue weighted by molar-refractivity contribution is -0.129. The lowest BCUT2D eigenvalue weighted by Gasteiger charge is -2.32. The molecule has 0 N–H and O–H groups in total. The first-order chi connectivity index (χ1) is 10.2. The number of carbonyl (C=O) groups is 1. The number of allylic oxidation sites excluding steroid dienone is 2. The number of hydrogen-bond acceptors (Lipinski definition) is 3. The topological polar surface area (TPSA) is 32.7 Å². The van der Waals surface area contributed by atoms with Crippen LogP contribution in [0.4, 0.5) is 0 Å². The molecule has 108 valence electrons. The lowest BCUT2D eigenvalue weighted by atomic mass is 9.93. The highest BCUT2D eigenvalue weighted by Gasteiger charge is 2.34. The number of fused-ring (bicyclic) bond motifs is 1. The summed E-state index contributed by atoms with van der Waals surface area (Å²) in [6, 6.07) is 8.06. The van der Waals surface area contributed by atoms with E-state index >= 15 is 0 Å². The van der Waals surface area contributed by atoms with E-state index in [9.17, 15) is 4.79 Å². The Bertz CT molecular complexity index is 653. The third kappa shape index (κ3) is 2.99. The number of nitrogens with zero attached hydrogens (tertiary/aromatic N) is 2. The maximum atomic E-state index is 12.4. The molecular weight excluding hydrogens is 348 g/mol. The Labute approximate surface area is 136 Å². The molecule has 1 aliphatic carbocycles. The summed E-state index contributed by atoms with van der Waals surface area (Å²) in [6.07, 6.45) is 7.80. The van der Waals surface area contributed by atoms with Gasteiger partial charge in [-0.3, -0.25) is 14.7 Å². The number of benzene rings is 1. The first-order valence-electron chi connectivity index (χ1n) is 6.73. The summed E-state index contributed by atoms with van der Waals surface area (Å²) in [7, 11) is 1.80. The van der Waals surface area contributed by atoms with E-state index in [0.717, 1.165) is 15.4 Å². The Morgan fingerprint density at radius 3 is 2.86 bits per heavy atom. The van der Waals surface area contributed by atoms with Gasteiger partial charge in [0.1, 0.15) is 0 Å². The standard InChI is InChI=1S/C16H15BrN2OS/c1-19-15(20)12-7-3-5-9-14(12)18-16(19)21-10-11-6-2-4-8-13(11)17/h2-9,12,14H,10H2,1H3/t12-,14+/m1/s1. The summed E-state index contributed by atoms with van der Waals surface area (Å²) in [5.74, 6) is 0.757. The number of aliphatic imine (C=N–C) groups is 1. The summed E-state index contributed by atoms with van der Waals surface area (Å²) in [4.78, 5) is 18.8. The lowest BCUT2D eigenvalue weighted by Crippen LogP contribution is -2.45. The SMILES string of the molecule is CN1C(=O)[C@@H]2C=CC=C[C@@H]2N=C1SCc1ccccc1Br. The van der Waals surface area contributed by atoms with Crippen molar-refractivity contribution >= 4 is 38.8 Å². The van der Waals surface area contributed by atoms with Gasteiger partial charge < -0.3 is 0 Å². The average Bonchev–Trinajstić information content (AvgIpc) is 2.51. The van der Waals surface area contributed by atoms with Crippen molar-refractivity contribution in [3.05, 3.63) is 58.6 Å². The van der Waals surface area contributed by atoms with Crippen LogP contribution in [0, 0.1) is 5.92 Å². The zero-order chi connectivity index (χ0) is 14.8. The maximum absolute atomic E-state index is 12.4. The van der Waals surface area contributed by atoms with Crippen LogP contribution in [0.1, 0.15) is 5.56 Å². The monoisotopic (exact) mass is 362 g/mol. The van der Waals surface area contributed by atoms with Crippen LogP contribution in [-0.2, 0) is 10.5 Å². The number of halogens is 1. The van der Waals surface area contributed by atoms with Crippen LogP contribution in [0.25, 0.3) is 0 Å². The van der Waals surface area contributed by atoms with Crippen LogP contribution < -0.4 is 0 Å². The van der Waals surface area contributed by atoms with E-state index in [-0.39, 0.29) is 17.9 Å². The highest BCUT2D eigenvalue weighted by atomic mass is 79.9. The smallest absolute Gasteiger partial charge is 0.237 e. The summed E-state index contributed by atoms with van der Waals surface area (Å²) in [6.45, 7) is 0. The highest BCUT2D eigenvalue weighted by Crippen LogP contribution is 2.29. The zero-order valence-electron chi connectivity index (χ0n) is 11.6. The third-order valence-corrected chi connectivity index (χ3v) is 5.45. The van der Waals surface area contributed by atoms with Gasteiger partial charge in [0.05, 0.1) is 12.0 Å². The molecule has 3 nitrogen and oxygen atoms in total. The second-order valence-corrected chi connectivity index (χ2v) is 6.77. The molecule has 1 heterocycles. The van der Waals surface area contributed by atoms with Gasteiger partial charge in [0.15, 0.2) is 5.17 Å². The van der Waals surface area contributed by atoms with Crippen LogP contribution in [0.15, 0.2) is 58.0 Å². The Morgan fingerprint density at radius 1 is 1.29 bits per heavy atom. The van der Waals surface area contributed by atoms with Crippen molar-refractivity contribution in [3.63, 3.8) is 0 Å². The molecule has 1 amide bonds. The van der Waals surface area contributed by atoms with Crippen molar-refractivity contribution in [2.75, 3.05) is 7.05 Å². The van der Waals surface area contributed by atoms with E-state index in [1.54, 1.807) is 23.7 Å². The van der Waals surface area contributed by atoms with Gasteiger partial charge in [0, 0.05) is 17.3 Å². The first-order valence-corrected chi connectivity index (χ1v) is 8.51. The molecule has 1 aromatic rings. The van der Waals surface area contributed by atoms with E-state index in [0.29, 0.717) is 0 Å². The van der Waals surface area contributed by atoms with Crippen molar-refractivity contribution in [2.45, 2.75) is 11.8 Å². The van der Waals surface area contributed by atoms with Gasteiger partial charge in [0.2, 0.25) is 5.91 Å². The molecular formula is C16H15BrN2OS. The normalized spacial score (nSPS) is 24.0. The van der Waals surface area contributed by atoms with Gasteiger partial charge in [0.25, 0.3) is 0 Å². The summed E-state index contributed by atoms with van der Waals surface area (Å²) >= 11 is 5.15. The van der Waals surface area contributed by atoms with E-state index in [1.165, 1.54) is 5.56 Å². The molecule has 3 rings (SSSR count). The Morgan fingerprint density at radius 2 is 2.05 bits per heavy atom. The number of carbonyl (C=O) groups excluding carboxylic acids is 1. The average molecular weight is 363 g/mol. The molecule has 0 fully saturated rings. The highest BCUT2D eigenvalue weighted by molar-refractivity contribution is 9.10. The van der Waals surface area contributed by atoms with Crippen molar-refractivity contribution < 1.29 is 4.79 Å². The largest absolute Gasteiger partial charge is 0.294 e. The minimum atomic E-state index is -0.146. The molecule has 0 bridgehead atoms. The molecule has 2 aliphatic rings. The van der Waals surface area contributed by atoms with Crippen molar-refractivity contribution in [1.82, 2.24) is 4.90 Å². The molecule has 1 aromatic carbocycles. The number of amides is 1. The maximum Gasteiger partial charge on any atom is 0.237 e. The molecule has 0 saturated carbocycles. The van der Waals surface area contributed by atoms with E-state index in [4.69, 9.17) is 4.99 Å². The zero-order valence-corrected chi connectivity index (χ0v) is 14.0. The predicted molar refractivity (Wildman–Crippen MR) is 91.2 cm³/mol. The van der Waals surface area contributed by atoms with Crippen LogP contribution in [0.3, 0.4) is 0 Å². The Balaban J connectivity index is 1.77. The van der Waals surface area contributed by atoms with E-state index in [1.807, 2.05) is 42.5 Å². The second kappa shape index (κ2) is 6.20. The molecule has 21 heavy (non-hydrogen) atoms. The van der Waals surface area contributed by atoms with E-state index in [2.05, 4.69) is 22.0 Å². The Kier molecular flexibility index (Phi) is 4.31. The van der Waals surface area contributed by atoms with Gasteiger partial charge in [-0.1, -0.05) is 70.2 Å². The molecule has 0 saturated heterocycles. The fraction of sp³-hybridized carbons (Fsp3) is 0.250. The first kappa shape index (κ1) is 14.6. The van der Waals surface area contributed by atoms with Gasteiger partial charge in [-0.2, -0.15) is 0 Å². The number of rotatable bonds is 2. The summed E-state index contributed by atoms with van der Waals surface area (Å²) in [5.41, 5.74) is 1.20. The molecule has 0 unspecified atom stereocenters. The Hall–Kier alpha value is -1.33. The third-order valence-electron chi connectivity index (χ3n) is 3.58. The van der Waals surface area contributed by atoms with Crippen LogP contribution in [0.2, 0.25) is 0 Å². The second-order valence-electron chi connectivity index (χ2n) is 4.98. The van der Waals surface area contributed by atoms with Gasteiger partial charge >= 0.3 is 0 Å². The fourth-order valence-corrected chi connectivity index (χ4v) is 4.00. The molecule has 2 atom stereocenters. The van der Waals surface area contributed by atoms with Gasteiger partial charge in [-0.05, 0) is 11.6 Å². The minimum Gasteiger partial charge on any atom is -0.294 e. The number of thioether (sulfide) groups is 1. The fourth-order valence-electron chi connectivity index (χ4n) is 2.37. The summed E-state index contributed by atoms with van der Waals surface area (Å²) < 4.78 is 1.08. The van der Waals surface area contributed by atoms with Gasteiger partial charge in [-0.25, -0.2) is 0 Å². The number of amidine groups is 1. The van der Waals surface area contributed by atoms with Gasteiger partial charge in [-0.15, -0.1) is 0 Å². The quantitative estimate of drug-likeness (QED) is 0.804. The van der Waals surface area contributed by atoms with Crippen molar-refractivity contribution in [2.24, 2.45) is 10.9 Å². The molecule has 0 spiro atoms. The van der Waals surface area contributed by atoms with Crippen molar-refractivity contribution in [1.29, 1.82) is 0 Å². The van der Waals surface area contributed by atoms with Crippen LogP contribution in [-0.4, -0.2) is 29.1 Å². The minimum absolute atomic E-state index is 0.0552. The molecule has 1 aliphatic heterocycles. The van der Waals surface area contributed by atoms with Crippen LogP contribution in [0.5, 0.6) is 0 Å². The predicted octanol–water partition coefficient (Wildman–Crippen LogP) is 3.62. The molecule has 0 aromatic heterocycles. The molecule has 5 heteroatoms. The van der Waals surface area contributed by atoms with Crippen molar-refractivity contribution in [3.8, 4) is 0 Å².